The summed E-state index contributed by atoms with van der Waals surface area (Å²) in [7, 11) is 0. The minimum atomic E-state index is -0.326. The Morgan fingerprint density at radius 3 is 2.50 bits per heavy atom. The van der Waals surface area contributed by atoms with Gasteiger partial charge in [-0.25, -0.2) is 4.79 Å². The minimum absolute atomic E-state index is 0.229. The van der Waals surface area contributed by atoms with Crippen LogP contribution in [0.25, 0.3) is 0 Å². The Morgan fingerprint density at radius 1 is 1.07 bits per heavy atom. The fourth-order valence-electron chi connectivity index (χ4n) is 4.88. The summed E-state index contributed by atoms with van der Waals surface area (Å²) in [5.41, 5.74) is 4.16. The zero-order valence-electron chi connectivity index (χ0n) is 18.5. The number of benzene rings is 2. The fraction of sp³-hybridized carbons (Fsp3) is 0.500. The zero-order chi connectivity index (χ0) is 21.1. The number of fused-ring (bicyclic) bond motifs is 1. The Bertz CT molecular complexity index is 864. The summed E-state index contributed by atoms with van der Waals surface area (Å²) in [4.78, 5) is 14.8. The minimum Gasteiger partial charge on any atom is -0.410 e. The van der Waals surface area contributed by atoms with Gasteiger partial charge in [-0.1, -0.05) is 51.1 Å². The van der Waals surface area contributed by atoms with E-state index in [1.165, 1.54) is 29.7 Å². The van der Waals surface area contributed by atoms with E-state index in [0.717, 1.165) is 38.3 Å². The number of amides is 1. The Morgan fingerprint density at radius 2 is 1.80 bits per heavy atom. The maximum atomic E-state index is 12.4. The summed E-state index contributed by atoms with van der Waals surface area (Å²) in [6, 6.07) is 16.8. The Balaban J connectivity index is 1.30. The molecule has 30 heavy (non-hydrogen) atoms. The molecule has 1 amide bonds. The SMILES string of the molecule is CC(C)(C)C1CCC(NC(=O)Oc2ccc3c(c2)CCN3Cc2ccccc2)CC1. The van der Waals surface area contributed by atoms with E-state index in [2.05, 4.69) is 61.3 Å². The van der Waals surface area contributed by atoms with E-state index in [1.54, 1.807) is 0 Å². The number of hydrogen-bond donors (Lipinski definition) is 1. The lowest BCUT2D eigenvalue weighted by atomic mass is 9.71. The molecule has 1 aliphatic heterocycles. The first-order valence-electron chi connectivity index (χ1n) is 11.3. The molecule has 2 aliphatic rings. The molecule has 160 valence electrons. The van der Waals surface area contributed by atoms with Crippen molar-refractivity contribution >= 4 is 11.8 Å². The van der Waals surface area contributed by atoms with E-state index < -0.39 is 0 Å². The van der Waals surface area contributed by atoms with Crippen molar-refractivity contribution in [2.75, 3.05) is 11.4 Å². The van der Waals surface area contributed by atoms with Gasteiger partial charge in [-0.3, -0.25) is 0 Å². The van der Waals surface area contributed by atoms with Crippen molar-refractivity contribution < 1.29 is 9.53 Å². The van der Waals surface area contributed by atoms with Gasteiger partial charge in [-0.2, -0.15) is 0 Å². The normalized spacial score (nSPS) is 21.2. The average molecular weight is 407 g/mol. The Labute approximate surface area is 180 Å². The molecule has 1 heterocycles. The number of hydrogen-bond acceptors (Lipinski definition) is 3. The van der Waals surface area contributed by atoms with Crippen molar-refractivity contribution in [3.63, 3.8) is 0 Å². The molecule has 0 radical (unpaired) electrons. The van der Waals surface area contributed by atoms with Crippen LogP contribution in [0.15, 0.2) is 48.5 Å². The van der Waals surface area contributed by atoms with E-state index in [4.69, 9.17) is 4.74 Å². The summed E-state index contributed by atoms with van der Waals surface area (Å²) in [6.07, 6.45) is 5.08. The highest BCUT2D eigenvalue weighted by Crippen LogP contribution is 2.38. The molecule has 1 saturated carbocycles. The van der Waals surface area contributed by atoms with Crippen LogP contribution in [0.1, 0.15) is 57.6 Å². The number of anilines is 1. The second-order valence-electron chi connectivity index (χ2n) is 9.90. The summed E-state index contributed by atoms with van der Waals surface area (Å²) < 4.78 is 5.62. The van der Waals surface area contributed by atoms with E-state index in [0.29, 0.717) is 11.2 Å². The lowest BCUT2D eigenvalue weighted by molar-refractivity contribution is 0.152. The molecule has 0 saturated heterocycles. The van der Waals surface area contributed by atoms with Gasteiger partial charge in [0.15, 0.2) is 0 Å². The molecule has 1 fully saturated rings. The van der Waals surface area contributed by atoms with Gasteiger partial charge in [0.05, 0.1) is 0 Å². The first-order chi connectivity index (χ1) is 14.4. The first kappa shape index (κ1) is 20.8. The monoisotopic (exact) mass is 406 g/mol. The molecule has 4 nitrogen and oxygen atoms in total. The van der Waals surface area contributed by atoms with E-state index in [9.17, 15) is 4.79 Å². The number of ether oxygens (including phenoxy) is 1. The topological polar surface area (TPSA) is 41.6 Å². The lowest BCUT2D eigenvalue weighted by Crippen LogP contribution is -2.40. The van der Waals surface area contributed by atoms with Gasteiger partial charge in [0, 0.05) is 24.8 Å². The molecule has 1 N–H and O–H groups in total. The van der Waals surface area contributed by atoms with Crippen LogP contribution in [-0.4, -0.2) is 18.7 Å². The van der Waals surface area contributed by atoms with Crippen LogP contribution in [0.3, 0.4) is 0 Å². The highest BCUT2D eigenvalue weighted by molar-refractivity contribution is 5.71. The molecule has 0 bridgehead atoms. The zero-order valence-corrected chi connectivity index (χ0v) is 18.5. The van der Waals surface area contributed by atoms with Crippen molar-refractivity contribution in [3.05, 3.63) is 59.7 Å². The van der Waals surface area contributed by atoms with E-state index >= 15 is 0 Å². The van der Waals surface area contributed by atoms with Crippen LogP contribution in [-0.2, 0) is 13.0 Å². The quantitative estimate of drug-likeness (QED) is 0.683. The Hall–Kier alpha value is -2.49. The van der Waals surface area contributed by atoms with Gasteiger partial charge in [-0.05, 0) is 72.8 Å². The van der Waals surface area contributed by atoms with Crippen LogP contribution in [0.2, 0.25) is 0 Å². The first-order valence-corrected chi connectivity index (χ1v) is 11.3. The largest absolute Gasteiger partial charge is 0.412 e. The maximum Gasteiger partial charge on any atom is 0.412 e. The highest BCUT2D eigenvalue weighted by Gasteiger charge is 2.30. The molecule has 4 heteroatoms. The van der Waals surface area contributed by atoms with Crippen molar-refractivity contribution in [1.82, 2.24) is 5.32 Å². The molecule has 0 atom stereocenters. The number of rotatable bonds is 4. The number of carbonyl (C=O) groups excluding carboxylic acids is 1. The van der Waals surface area contributed by atoms with Crippen molar-refractivity contribution in [2.24, 2.45) is 11.3 Å². The smallest absolute Gasteiger partial charge is 0.410 e. The molecular formula is C26H34N2O2. The molecule has 0 spiro atoms. The van der Waals surface area contributed by atoms with Crippen molar-refractivity contribution in [2.45, 2.75) is 65.5 Å². The molecule has 0 aromatic heterocycles. The molecule has 4 rings (SSSR count). The lowest BCUT2D eigenvalue weighted by Gasteiger charge is -2.37. The van der Waals surface area contributed by atoms with Gasteiger partial charge in [-0.15, -0.1) is 0 Å². The Kier molecular flexibility index (Phi) is 6.03. The summed E-state index contributed by atoms with van der Waals surface area (Å²) in [5, 5.41) is 3.08. The van der Waals surface area contributed by atoms with Gasteiger partial charge in [0.1, 0.15) is 5.75 Å². The van der Waals surface area contributed by atoms with E-state index in [1.807, 2.05) is 18.2 Å². The van der Waals surface area contributed by atoms with Gasteiger partial charge >= 0.3 is 6.09 Å². The average Bonchev–Trinajstić information content (AvgIpc) is 3.10. The third-order valence-electron chi connectivity index (χ3n) is 6.74. The maximum absolute atomic E-state index is 12.4. The van der Waals surface area contributed by atoms with Gasteiger partial charge in [0.25, 0.3) is 0 Å². The molecule has 2 aromatic carbocycles. The second-order valence-corrected chi connectivity index (χ2v) is 9.90. The number of nitrogens with one attached hydrogen (secondary N) is 1. The predicted octanol–water partition coefficient (Wildman–Crippen LogP) is 5.94. The molecule has 1 aliphatic carbocycles. The van der Waals surface area contributed by atoms with Crippen LogP contribution < -0.4 is 15.0 Å². The standard InChI is InChI=1S/C26H34N2O2/c1-26(2,3)21-9-11-22(12-10-21)27-25(29)30-23-13-14-24-20(17-23)15-16-28(24)18-19-7-5-4-6-8-19/h4-8,13-14,17,21-22H,9-12,15-16,18H2,1-3H3,(H,27,29). The highest BCUT2D eigenvalue weighted by atomic mass is 16.6. The van der Waals surface area contributed by atoms with Crippen LogP contribution in [0, 0.1) is 11.3 Å². The van der Waals surface area contributed by atoms with Crippen molar-refractivity contribution in [3.8, 4) is 5.75 Å². The summed E-state index contributed by atoms with van der Waals surface area (Å²) in [6.45, 7) is 8.85. The van der Waals surface area contributed by atoms with E-state index in [-0.39, 0.29) is 12.1 Å². The molecular weight excluding hydrogens is 372 g/mol. The van der Waals surface area contributed by atoms with Crippen LogP contribution in [0.4, 0.5) is 10.5 Å². The summed E-state index contributed by atoms with van der Waals surface area (Å²) >= 11 is 0. The van der Waals surface area contributed by atoms with Gasteiger partial charge < -0.3 is 15.0 Å². The second kappa shape index (κ2) is 8.71. The number of carbonyl (C=O) groups is 1. The van der Waals surface area contributed by atoms with Crippen LogP contribution >= 0.6 is 0 Å². The van der Waals surface area contributed by atoms with Crippen LogP contribution in [0.5, 0.6) is 5.75 Å². The fourth-order valence-corrected chi connectivity index (χ4v) is 4.88. The third-order valence-corrected chi connectivity index (χ3v) is 6.74. The number of nitrogens with zero attached hydrogens (tertiary/aromatic N) is 1. The third kappa shape index (κ3) is 4.97. The molecule has 2 aromatic rings. The predicted molar refractivity (Wildman–Crippen MR) is 122 cm³/mol. The molecule has 0 unspecified atom stereocenters. The summed E-state index contributed by atoms with van der Waals surface area (Å²) in [5.74, 6) is 1.37. The van der Waals surface area contributed by atoms with Gasteiger partial charge in [0.2, 0.25) is 0 Å². The van der Waals surface area contributed by atoms with Crippen molar-refractivity contribution in [1.29, 1.82) is 0 Å².